The first-order valence-electron chi connectivity index (χ1n) is 9.77. The zero-order valence-electron chi connectivity index (χ0n) is 17.2. The summed E-state index contributed by atoms with van der Waals surface area (Å²) in [4.78, 5) is 14.4. The Bertz CT molecular complexity index is 764. The topological polar surface area (TPSA) is 60.0 Å². The highest BCUT2D eigenvalue weighted by Gasteiger charge is 2.09. The molecule has 6 nitrogen and oxygen atoms in total. The van der Waals surface area contributed by atoms with Gasteiger partial charge in [0, 0.05) is 18.3 Å². The lowest BCUT2D eigenvalue weighted by Crippen LogP contribution is -2.28. The first kappa shape index (κ1) is 22.5. The second-order valence-corrected chi connectivity index (χ2v) is 6.34. The molecule has 0 saturated heterocycles. The molecule has 0 aromatic heterocycles. The van der Waals surface area contributed by atoms with Gasteiger partial charge in [-0.15, -0.1) is 0 Å². The molecule has 158 valence electrons. The van der Waals surface area contributed by atoms with Crippen LogP contribution in [0.15, 0.2) is 42.5 Å². The summed E-state index contributed by atoms with van der Waals surface area (Å²) < 4.78 is 29.5. The number of hydrogen-bond donors (Lipinski definition) is 1. The highest BCUT2D eigenvalue weighted by molar-refractivity contribution is 5.91. The smallest absolute Gasteiger partial charge is 0.227 e. The largest absolute Gasteiger partial charge is 0.493 e. The van der Waals surface area contributed by atoms with Crippen LogP contribution >= 0.6 is 0 Å². The van der Waals surface area contributed by atoms with Crippen LogP contribution in [0.5, 0.6) is 17.2 Å². The van der Waals surface area contributed by atoms with Crippen LogP contribution < -0.4 is 19.5 Å². The fraction of sp³-hybridized carbons (Fsp3) is 0.409. The number of ether oxygens (including phenoxy) is 3. The number of nitrogens with one attached hydrogen (secondary N) is 1. The molecule has 2 aromatic carbocycles. The Morgan fingerprint density at radius 1 is 1.00 bits per heavy atom. The molecule has 0 radical (unpaired) electrons. The van der Waals surface area contributed by atoms with Crippen LogP contribution in [0.25, 0.3) is 0 Å². The number of carbonyl (C=O) groups is 1. The molecule has 0 aliphatic rings. The molecule has 1 N–H and O–H groups in total. The molecule has 29 heavy (non-hydrogen) atoms. The lowest BCUT2D eigenvalue weighted by Gasteiger charge is -2.19. The van der Waals surface area contributed by atoms with E-state index in [-0.39, 0.29) is 24.8 Å². The van der Waals surface area contributed by atoms with E-state index in [1.54, 1.807) is 25.3 Å². The van der Waals surface area contributed by atoms with Crippen molar-refractivity contribution in [3.63, 3.8) is 0 Å². The van der Waals surface area contributed by atoms with Crippen LogP contribution in [0.4, 0.5) is 10.1 Å². The Kier molecular flexibility index (Phi) is 9.24. The number of anilines is 1. The van der Waals surface area contributed by atoms with E-state index in [1.807, 2.05) is 0 Å². The number of likely N-dealkylation sites (N-methyl/N-ethyl adjacent to an activating group) is 1. The zero-order valence-corrected chi connectivity index (χ0v) is 17.2. The highest BCUT2D eigenvalue weighted by atomic mass is 19.1. The lowest BCUT2D eigenvalue weighted by molar-refractivity contribution is -0.116. The minimum atomic E-state index is -0.329. The zero-order chi connectivity index (χ0) is 21.1. The van der Waals surface area contributed by atoms with Gasteiger partial charge in [0.1, 0.15) is 18.2 Å². The summed E-state index contributed by atoms with van der Waals surface area (Å²) in [7, 11) is 1.58. The third-order valence-corrected chi connectivity index (χ3v) is 4.42. The maximum atomic E-state index is 12.9. The Morgan fingerprint density at radius 3 is 2.38 bits per heavy atom. The molecule has 2 aromatic rings. The van der Waals surface area contributed by atoms with Gasteiger partial charge >= 0.3 is 0 Å². The van der Waals surface area contributed by atoms with Crippen LogP contribution in [-0.2, 0) is 4.79 Å². The summed E-state index contributed by atoms with van der Waals surface area (Å²) in [5.74, 6) is 1.20. The molecule has 1 amide bonds. The fourth-order valence-electron chi connectivity index (χ4n) is 2.71. The lowest BCUT2D eigenvalue weighted by atomic mass is 10.2. The average Bonchev–Trinajstić information content (AvgIpc) is 2.73. The van der Waals surface area contributed by atoms with Gasteiger partial charge in [-0.3, -0.25) is 4.79 Å². The molecule has 0 spiro atoms. The van der Waals surface area contributed by atoms with Crippen LogP contribution in [0.2, 0.25) is 0 Å². The van der Waals surface area contributed by atoms with Crippen molar-refractivity contribution in [1.29, 1.82) is 0 Å². The van der Waals surface area contributed by atoms with E-state index in [9.17, 15) is 9.18 Å². The quantitative estimate of drug-likeness (QED) is 0.580. The van der Waals surface area contributed by atoms with Crippen molar-refractivity contribution in [3.8, 4) is 17.2 Å². The maximum Gasteiger partial charge on any atom is 0.227 e. The van der Waals surface area contributed by atoms with Crippen molar-refractivity contribution in [2.24, 2.45) is 0 Å². The van der Waals surface area contributed by atoms with Gasteiger partial charge in [-0.2, -0.15) is 0 Å². The van der Waals surface area contributed by atoms with Gasteiger partial charge in [-0.25, -0.2) is 4.39 Å². The molecule has 7 heteroatoms. The Morgan fingerprint density at radius 2 is 1.72 bits per heavy atom. The normalized spacial score (nSPS) is 10.7. The number of amides is 1. The van der Waals surface area contributed by atoms with Gasteiger partial charge in [0.15, 0.2) is 11.5 Å². The molecule has 0 aliphatic heterocycles. The first-order valence-corrected chi connectivity index (χ1v) is 9.77. The molecule has 0 bridgehead atoms. The number of methoxy groups -OCH3 is 1. The van der Waals surface area contributed by atoms with Gasteiger partial charge < -0.3 is 24.4 Å². The number of hydrogen-bond acceptors (Lipinski definition) is 5. The summed E-state index contributed by atoms with van der Waals surface area (Å²) in [5.41, 5.74) is 0.621. The van der Waals surface area contributed by atoms with Crippen LogP contribution in [-0.4, -0.2) is 50.8 Å². The number of carbonyl (C=O) groups excluding carboxylic acids is 1. The Hall–Kier alpha value is -2.80. The SMILES string of the molecule is CCN(CC)CCOc1cc(NC(=O)CCOc2ccc(F)cc2)ccc1OC. The third kappa shape index (κ3) is 7.62. The monoisotopic (exact) mass is 404 g/mol. The van der Waals surface area contributed by atoms with Crippen molar-refractivity contribution in [3.05, 3.63) is 48.3 Å². The molecule has 0 heterocycles. The maximum absolute atomic E-state index is 12.9. The van der Waals surface area contributed by atoms with E-state index < -0.39 is 0 Å². The number of nitrogens with zero attached hydrogens (tertiary/aromatic N) is 1. The molecule has 0 aliphatic carbocycles. The molecule has 0 unspecified atom stereocenters. The molecular weight excluding hydrogens is 375 g/mol. The predicted molar refractivity (Wildman–Crippen MR) is 111 cm³/mol. The minimum absolute atomic E-state index is 0.168. The number of benzene rings is 2. The van der Waals surface area contributed by atoms with Crippen molar-refractivity contribution in [2.75, 3.05) is 45.3 Å². The summed E-state index contributed by atoms with van der Waals surface area (Å²) in [6.07, 6.45) is 0.168. The summed E-state index contributed by atoms with van der Waals surface area (Å²) in [5, 5.41) is 2.83. The van der Waals surface area contributed by atoms with Gasteiger partial charge in [-0.05, 0) is 49.5 Å². The molecule has 0 atom stereocenters. The Labute approximate surface area is 171 Å². The van der Waals surface area contributed by atoms with E-state index in [2.05, 4.69) is 24.1 Å². The molecular formula is C22H29FN2O4. The molecule has 0 saturated carbocycles. The fourth-order valence-corrected chi connectivity index (χ4v) is 2.71. The van der Waals surface area contributed by atoms with E-state index in [4.69, 9.17) is 14.2 Å². The standard InChI is InChI=1S/C22H29FN2O4/c1-4-25(5-2)13-15-29-21-16-18(8-11-20(21)27-3)24-22(26)12-14-28-19-9-6-17(23)7-10-19/h6-11,16H,4-5,12-15H2,1-3H3,(H,24,26). The van der Waals surface area contributed by atoms with Gasteiger partial charge in [0.05, 0.1) is 20.1 Å². The van der Waals surface area contributed by atoms with E-state index in [0.717, 1.165) is 19.6 Å². The van der Waals surface area contributed by atoms with E-state index >= 15 is 0 Å². The van der Waals surface area contributed by atoms with Gasteiger partial charge in [0.25, 0.3) is 0 Å². The van der Waals surface area contributed by atoms with Gasteiger partial charge in [0.2, 0.25) is 5.91 Å². The van der Waals surface area contributed by atoms with Crippen molar-refractivity contribution in [2.45, 2.75) is 20.3 Å². The van der Waals surface area contributed by atoms with E-state index in [0.29, 0.717) is 29.5 Å². The highest BCUT2D eigenvalue weighted by Crippen LogP contribution is 2.30. The van der Waals surface area contributed by atoms with Crippen molar-refractivity contribution < 1.29 is 23.4 Å². The van der Waals surface area contributed by atoms with Crippen molar-refractivity contribution >= 4 is 11.6 Å². The average molecular weight is 404 g/mol. The summed E-state index contributed by atoms with van der Waals surface area (Å²) in [6.45, 7) is 7.69. The van der Waals surface area contributed by atoms with Crippen molar-refractivity contribution in [1.82, 2.24) is 4.90 Å². The van der Waals surface area contributed by atoms with Crippen LogP contribution in [0.1, 0.15) is 20.3 Å². The van der Waals surface area contributed by atoms with Gasteiger partial charge in [-0.1, -0.05) is 13.8 Å². The summed E-state index contributed by atoms with van der Waals surface area (Å²) in [6, 6.07) is 11.0. The number of halogens is 1. The third-order valence-electron chi connectivity index (χ3n) is 4.42. The van der Waals surface area contributed by atoms with Crippen LogP contribution in [0, 0.1) is 5.82 Å². The van der Waals surface area contributed by atoms with Crippen LogP contribution in [0.3, 0.4) is 0 Å². The second-order valence-electron chi connectivity index (χ2n) is 6.34. The predicted octanol–water partition coefficient (Wildman–Crippen LogP) is 3.96. The molecule has 0 fully saturated rings. The number of rotatable bonds is 12. The Balaban J connectivity index is 1.85. The summed E-state index contributed by atoms with van der Waals surface area (Å²) >= 11 is 0. The van der Waals surface area contributed by atoms with E-state index in [1.165, 1.54) is 24.3 Å². The first-order chi connectivity index (χ1) is 14.0. The second kappa shape index (κ2) is 11.9. The minimum Gasteiger partial charge on any atom is -0.493 e. The molecule has 2 rings (SSSR count).